The van der Waals surface area contributed by atoms with E-state index in [9.17, 15) is 51.9 Å². The summed E-state index contributed by atoms with van der Waals surface area (Å²) in [5.41, 5.74) is 0. The van der Waals surface area contributed by atoms with Crippen molar-refractivity contribution in [2.45, 2.75) is 19.6 Å². The summed E-state index contributed by atoms with van der Waals surface area (Å²) in [7, 11) is -18.4. The summed E-state index contributed by atoms with van der Waals surface area (Å²) in [6, 6.07) is 13.9. The van der Waals surface area contributed by atoms with E-state index in [-0.39, 0.29) is 129 Å². The van der Waals surface area contributed by atoms with Crippen LogP contribution in [0, 0.1) is 0 Å². The van der Waals surface area contributed by atoms with Crippen LogP contribution in [-0.4, -0.2) is 51.9 Å². The molecule has 0 aliphatic carbocycles. The van der Waals surface area contributed by atoms with Crippen molar-refractivity contribution in [2.75, 3.05) is 0 Å². The van der Waals surface area contributed by atoms with E-state index in [0.29, 0.717) is 10.8 Å². The van der Waals surface area contributed by atoms with E-state index in [4.69, 9.17) is 0 Å². The zero-order chi connectivity index (χ0) is 27.1. The summed E-state index contributed by atoms with van der Waals surface area (Å²) in [6.07, 6.45) is 0. The minimum Gasteiger partial charge on any atom is -0.744 e. The number of hydrogen-bond donors (Lipinski definition) is 0. The van der Waals surface area contributed by atoms with Gasteiger partial charge in [0.25, 0.3) is 0 Å². The third-order valence-corrected chi connectivity index (χ3v) is 8.12. The zero-order valence-corrected chi connectivity index (χ0v) is 32.7. The van der Waals surface area contributed by atoms with Crippen molar-refractivity contribution < 1.29 is 170 Å². The minimum atomic E-state index is -4.66. The summed E-state index contributed by atoms with van der Waals surface area (Å²) in [5, 5.41) is 1.00. The van der Waals surface area contributed by atoms with Crippen LogP contribution in [0.15, 0.2) is 92.4 Å². The smallest absolute Gasteiger partial charge is 0.744 e. The van der Waals surface area contributed by atoms with Gasteiger partial charge in [-0.2, -0.15) is 0 Å². The van der Waals surface area contributed by atoms with Gasteiger partial charge in [0.1, 0.15) is 40.5 Å². The maximum Gasteiger partial charge on any atom is 1.00 e. The van der Waals surface area contributed by atoms with E-state index < -0.39 is 60.1 Å². The molecular weight excluding hydrogens is 652 g/mol. The Balaban J connectivity index is 0. The Morgan fingerprint density at radius 3 is 1.10 bits per heavy atom. The molecule has 0 aromatic heterocycles. The second-order valence-corrected chi connectivity index (χ2v) is 12.6. The predicted molar refractivity (Wildman–Crippen MR) is 120 cm³/mol. The molecule has 0 fully saturated rings. The van der Waals surface area contributed by atoms with Crippen molar-refractivity contribution in [3.8, 4) is 0 Å². The van der Waals surface area contributed by atoms with Crippen molar-refractivity contribution in [2.24, 2.45) is 0 Å². The van der Waals surface area contributed by atoms with Crippen LogP contribution in [0.25, 0.3) is 21.5 Å². The van der Waals surface area contributed by atoms with Gasteiger partial charge in [0.05, 0.1) is 19.6 Å². The summed E-state index contributed by atoms with van der Waals surface area (Å²) in [4.78, 5) is -1.74. The number of rotatable bonds is 4. The average molecular weight is 665 g/mol. The van der Waals surface area contributed by atoms with Crippen LogP contribution in [0.3, 0.4) is 0 Å². The van der Waals surface area contributed by atoms with Gasteiger partial charge in [0.15, 0.2) is 0 Å². The van der Waals surface area contributed by atoms with Crippen LogP contribution in [-0.2, 0) is 40.5 Å². The van der Waals surface area contributed by atoms with Crippen molar-refractivity contribution in [3.05, 3.63) is 72.8 Å². The third kappa shape index (κ3) is 11.5. The number of benzene rings is 4. The summed E-state index contributed by atoms with van der Waals surface area (Å²) in [5.74, 6) is 0. The molecule has 12 nitrogen and oxygen atoms in total. The maximum absolute atomic E-state index is 11.0. The molecule has 40 heavy (non-hydrogen) atoms. The Labute approximate surface area is 319 Å². The normalized spacial score (nSPS) is 11.5. The Bertz CT molecular complexity index is 1880. The molecule has 0 aliphatic heterocycles. The molecule has 0 N–H and O–H groups in total. The molecule has 0 saturated carbocycles. The van der Waals surface area contributed by atoms with Crippen LogP contribution in [0.2, 0.25) is 0 Å². The Hall–Kier alpha value is 1.04. The fourth-order valence-corrected chi connectivity index (χ4v) is 5.34. The van der Waals surface area contributed by atoms with Crippen LogP contribution < -0.4 is 118 Å². The molecule has 4 aromatic carbocycles. The first-order valence-corrected chi connectivity index (χ1v) is 14.9. The average Bonchev–Trinajstić information content (AvgIpc) is 2.75. The molecule has 0 atom stereocenters. The van der Waals surface area contributed by atoms with Gasteiger partial charge in [0.2, 0.25) is 0 Å². The zero-order valence-electron chi connectivity index (χ0n) is 21.5. The molecule has 0 saturated heterocycles. The van der Waals surface area contributed by atoms with Gasteiger partial charge in [-0.1, -0.05) is 30.3 Å². The Kier molecular flexibility index (Phi) is 17.7. The van der Waals surface area contributed by atoms with Gasteiger partial charge in [-0.05, 0) is 64.0 Å². The standard InChI is InChI=1S/2C10H8O6S2.4Na/c11-17(12,13)9-3-1-7-5-10(18(14,15)16)4-2-8(7)6-9;11-17(12,13)8-4-5-9-7(6-8)2-1-3-10(9)18(14,15)16;;;;/h2*1-6H,(H,11,12,13)(H,14,15,16);;;;/q;;4*+1/p-4. The van der Waals surface area contributed by atoms with Crippen LogP contribution >= 0.6 is 0 Å². The fourth-order valence-electron chi connectivity index (χ4n) is 3.12. The molecule has 0 aliphatic rings. The third-order valence-electron chi connectivity index (χ3n) is 4.73. The maximum atomic E-state index is 11.0. The van der Waals surface area contributed by atoms with Gasteiger partial charge in [-0.15, -0.1) is 0 Å². The molecule has 4 rings (SSSR count). The van der Waals surface area contributed by atoms with Crippen LogP contribution in [0.1, 0.15) is 0 Å². The molecule has 0 unspecified atom stereocenters. The molecule has 192 valence electrons. The van der Waals surface area contributed by atoms with E-state index in [0.717, 1.165) is 48.5 Å². The van der Waals surface area contributed by atoms with Crippen molar-refractivity contribution >= 4 is 62.0 Å². The van der Waals surface area contributed by atoms with Crippen molar-refractivity contribution in [3.63, 3.8) is 0 Å². The largest absolute Gasteiger partial charge is 1.00 e. The summed E-state index contributed by atoms with van der Waals surface area (Å²) < 4.78 is 130. The van der Waals surface area contributed by atoms with Crippen molar-refractivity contribution in [1.82, 2.24) is 0 Å². The first-order valence-electron chi connectivity index (χ1n) is 9.27. The Morgan fingerprint density at radius 1 is 0.400 bits per heavy atom. The molecule has 0 spiro atoms. The van der Waals surface area contributed by atoms with Crippen molar-refractivity contribution in [1.29, 1.82) is 0 Å². The van der Waals surface area contributed by atoms with E-state index in [1.807, 2.05) is 0 Å². The second-order valence-electron chi connectivity index (χ2n) is 7.13. The van der Waals surface area contributed by atoms with Gasteiger partial charge >= 0.3 is 118 Å². The fraction of sp³-hybridized carbons (Fsp3) is 0. The molecule has 0 bridgehead atoms. The molecular formula is C20H12Na4O12S4. The van der Waals surface area contributed by atoms with Crippen LogP contribution in [0.5, 0.6) is 0 Å². The molecule has 0 amide bonds. The van der Waals surface area contributed by atoms with E-state index >= 15 is 0 Å². The topological polar surface area (TPSA) is 229 Å². The predicted octanol–water partition coefficient (Wildman–Crippen LogP) is -10.7. The molecule has 0 radical (unpaired) electrons. The molecule has 4 aromatic rings. The van der Waals surface area contributed by atoms with Gasteiger partial charge in [-0.3, -0.25) is 0 Å². The van der Waals surface area contributed by atoms with Gasteiger partial charge in [-0.25, -0.2) is 33.7 Å². The molecule has 20 heteroatoms. The molecule has 0 heterocycles. The number of fused-ring (bicyclic) bond motifs is 2. The first-order chi connectivity index (χ1) is 16.4. The monoisotopic (exact) mass is 664 g/mol. The minimum absolute atomic E-state index is 0. The summed E-state index contributed by atoms with van der Waals surface area (Å²) >= 11 is 0. The second kappa shape index (κ2) is 16.4. The van der Waals surface area contributed by atoms with E-state index in [1.165, 1.54) is 24.3 Å². The van der Waals surface area contributed by atoms with E-state index in [1.54, 1.807) is 0 Å². The Morgan fingerprint density at radius 2 is 0.750 bits per heavy atom. The summed E-state index contributed by atoms with van der Waals surface area (Å²) in [6.45, 7) is 0. The SMILES string of the molecule is O=S(=O)([O-])c1ccc2c(S(=O)(=O)[O-])cccc2c1.O=S(=O)([O-])c1ccc2cc(S(=O)(=O)[O-])ccc2c1.[Na+].[Na+].[Na+].[Na+]. The first kappa shape index (κ1) is 43.2. The number of hydrogen-bond acceptors (Lipinski definition) is 12. The van der Waals surface area contributed by atoms with Gasteiger partial charge < -0.3 is 18.2 Å². The van der Waals surface area contributed by atoms with Crippen LogP contribution in [0.4, 0.5) is 0 Å². The van der Waals surface area contributed by atoms with Gasteiger partial charge in [0, 0.05) is 0 Å². The van der Waals surface area contributed by atoms with E-state index in [2.05, 4.69) is 0 Å². The quantitative estimate of drug-likeness (QED) is 0.146.